The van der Waals surface area contributed by atoms with E-state index in [9.17, 15) is 18.0 Å². The smallest absolute Gasteiger partial charge is 0.351 e. The number of amides is 1. The van der Waals surface area contributed by atoms with Crippen LogP contribution in [-0.2, 0) is 6.18 Å². The van der Waals surface area contributed by atoms with E-state index in [0.717, 1.165) is 42.6 Å². The molecule has 0 bridgehead atoms. The third-order valence-electron chi connectivity index (χ3n) is 5.87. The highest BCUT2D eigenvalue weighted by atomic mass is 19.4. The zero-order valence-corrected chi connectivity index (χ0v) is 19.0. The number of nitrogens with zero attached hydrogens (tertiary/aromatic N) is 5. The van der Waals surface area contributed by atoms with Crippen LogP contribution in [0.25, 0.3) is 5.69 Å². The van der Waals surface area contributed by atoms with Crippen LogP contribution in [0.3, 0.4) is 0 Å². The van der Waals surface area contributed by atoms with E-state index in [1.165, 1.54) is 0 Å². The van der Waals surface area contributed by atoms with Crippen molar-refractivity contribution in [3.63, 3.8) is 0 Å². The molecule has 1 fully saturated rings. The molecule has 3 aromatic rings. The molecule has 0 aliphatic carbocycles. The average molecular weight is 477 g/mol. The van der Waals surface area contributed by atoms with E-state index < -0.39 is 23.3 Å². The maximum Gasteiger partial charge on any atom is 0.435 e. The monoisotopic (exact) mass is 476 g/mol. The van der Waals surface area contributed by atoms with Crippen LogP contribution in [0.15, 0.2) is 41.1 Å². The van der Waals surface area contributed by atoms with Gasteiger partial charge in [0.15, 0.2) is 11.5 Å². The number of piperidine rings is 1. The molecule has 0 spiro atoms. The minimum Gasteiger partial charge on any atom is -0.351 e. The summed E-state index contributed by atoms with van der Waals surface area (Å²) in [5, 5.41) is 10.3. The molecule has 1 N–H and O–H groups in total. The second-order valence-electron chi connectivity index (χ2n) is 8.69. The van der Waals surface area contributed by atoms with Gasteiger partial charge in [-0.3, -0.25) is 4.79 Å². The minimum absolute atomic E-state index is 0.183. The molecule has 34 heavy (non-hydrogen) atoms. The Morgan fingerprint density at radius 3 is 2.53 bits per heavy atom. The lowest BCUT2D eigenvalue weighted by Crippen LogP contribution is -2.39. The minimum atomic E-state index is -4.74. The summed E-state index contributed by atoms with van der Waals surface area (Å²) < 4.78 is 46.8. The van der Waals surface area contributed by atoms with Crippen molar-refractivity contribution < 1.29 is 22.5 Å². The lowest BCUT2D eigenvalue weighted by atomic mass is 9.96. The number of benzene rings is 1. The van der Waals surface area contributed by atoms with Crippen LogP contribution in [0.2, 0.25) is 0 Å². The van der Waals surface area contributed by atoms with Crippen molar-refractivity contribution in [2.75, 3.05) is 26.2 Å². The average Bonchev–Trinajstić information content (AvgIpc) is 3.48. The van der Waals surface area contributed by atoms with Gasteiger partial charge < -0.3 is 14.7 Å². The van der Waals surface area contributed by atoms with Gasteiger partial charge in [0.2, 0.25) is 5.89 Å². The Morgan fingerprint density at radius 1 is 1.21 bits per heavy atom. The molecule has 2 aromatic heterocycles. The van der Waals surface area contributed by atoms with Gasteiger partial charge >= 0.3 is 6.18 Å². The summed E-state index contributed by atoms with van der Waals surface area (Å²) >= 11 is 0. The Hall–Kier alpha value is -3.21. The number of alkyl halides is 3. The molecule has 1 aromatic carbocycles. The number of halogens is 3. The Bertz CT molecular complexity index is 1100. The van der Waals surface area contributed by atoms with E-state index in [4.69, 9.17) is 4.52 Å². The van der Waals surface area contributed by atoms with Crippen LogP contribution in [0.4, 0.5) is 13.2 Å². The molecule has 8 nitrogen and oxygen atoms in total. The lowest BCUT2D eigenvalue weighted by Gasteiger charge is -2.30. The number of carbonyl (C=O) groups excluding carboxylic acids is 1. The van der Waals surface area contributed by atoms with Gasteiger partial charge in [-0.15, -0.1) is 0 Å². The van der Waals surface area contributed by atoms with Crippen LogP contribution >= 0.6 is 0 Å². The number of aromatic nitrogens is 4. The quantitative estimate of drug-likeness (QED) is 0.554. The third-order valence-corrected chi connectivity index (χ3v) is 5.87. The highest BCUT2D eigenvalue weighted by molar-refractivity contribution is 5.95. The van der Waals surface area contributed by atoms with Gasteiger partial charge in [0, 0.05) is 31.1 Å². The molecule has 0 unspecified atom stereocenters. The van der Waals surface area contributed by atoms with Gasteiger partial charge in [0.05, 0.1) is 11.3 Å². The topological polar surface area (TPSA) is 89.1 Å². The van der Waals surface area contributed by atoms with Crippen molar-refractivity contribution >= 4 is 5.91 Å². The second kappa shape index (κ2) is 9.96. The zero-order valence-electron chi connectivity index (χ0n) is 19.0. The van der Waals surface area contributed by atoms with Crippen molar-refractivity contribution in [2.24, 2.45) is 0 Å². The summed E-state index contributed by atoms with van der Waals surface area (Å²) in [6, 6.07) is 8.37. The molecule has 1 aliphatic rings. The van der Waals surface area contributed by atoms with Gasteiger partial charge in [0.25, 0.3) is 5.91 Å². The predicted octanol–water partition coefficient (Wildman–Crippen LogP) is 4.01. The highest BCUT2D eigenvalue weighted by Gasteiger charge is 2.39. The van der Waals surface area contributed by atoms with Gasteiger partial charge in [-0.05, 0) is 38.1 Å². The van der Waals surface area contributed by atoms with Crippen LogP contribution in [0.5, 0.6) is 0 Å². The SMILES string of the molecule is CC(C)c1nc(C2CCN(CCNC(=O)c3cn(-c4ccccc4)nc3C(F)(F)F)CC2)no1. The predicted molar refractivity (Wildman–Crippen MR) is 118 cm³/mol. The van der Waals surface area contributed by atoms with Crippen molar-refractivity contribution in [3.05, 3.63) is 59.5 Å². The molecule has 0 radical (unpaired) electrons. The fourth-order valence-corrected chi connectivity index (χ4v) is 3.95. The molecule has 0 saturated carbocycles. The van der Waals surface area contributed by atoms with E-state index in [1.807, 2.05) is 13.8 Å². The van der Waals surface area contributed by atoms with Crippen LogP contribution in [0.1, 0.15) is 66.3 Å². The van der Waals surface area contributed by atoms with E-state index in [0.29, 0.717) is 18.1 Å². The first-order chi connectivity index (χ1) is 16.2. The Labute approximate surface area is 195 Å². The summed E-state index contributed by atoms with van der Waals surface area (Å²) in [6.07, 6.45) is -1.91. The van der Waals surface area contributed by atoms with Crippen molar-refractivity contribution in [1.29, 1.82) is 0 Å². The summed E-state index contributed by atoms with van der Waals surface area (Å²) in [7, 11) is 0. The number of hydrogen-bond donors (Lipinski definition) is 1. The van der Waals surface area contributed by atoms with Gasteiger partial charge in [-0.2, -0.15) is 23.3 Å². The molecule has 0 atom stereocenters. The summed E-state index contributed by atoms with van der Waals surface area (Å²) in [5.74, 6) is 0.973. The number of nitrogens with one attached hydrogen (secondary N) is 1. The zero-order chi connectivity index (χ0) is 24.3. The molecule has 1 aliphatic heterocycles. The normalized spacial score (nSPS) is 15.7. The van der Waals surface area contributed by atoms with Gasteiger partial charge in [-0.1, -0.05) is 37.2 Å². The van der Waals surface area contributed by atoms with Crippen LogP contribution < -0.4 is 5.32 Å². The highest BCUT2D eigenvalue weighted by Crippen LogP contribution is 2.31. The third kappa shape index (κ3) is 5.46. The Morgan fingerprint density at radius 2 is 1.91 bits per heavy atom. The standard InChI is InChI=1S/C23H27F3N6O2/c1-15(2)22-28-20(30-34-22)16-8-11-31(12-9-16)13-10-27-21(33)18-14-32(17-6-4-3-5-7-17)29-19(18)23(24,25)26/h3-7,14-16H,8-13H2,1-2H3,(H,27,33). The number of hydrogen-bond acceptors (Lipinski definition) is 6. The maximum atomic E-state index is 13.5. The largest absolute Gasteiger partial charge is 0.435 e. The van der Waals surface area contributed by atoms with Crippen LogP contribution in [-0.4, -0.2) is 56.9 Å². The second-order valence-corrected chi connectivity index (χ2v) is 8.69. The Balaban J connectivity index is 1.31. The first kappa shape index (κ1) is 23.9. The number of likely N-dealkylation sites (tertiary alicyclic amines) is 1. The van der Waals surface area contributed by atoms with Gasteiger partial charge in [-0.25, -0.2) is 4.68 Å². The summed E-state index contributed by atoms with van der Waals surface area (Å²) in [5.41, 5.74) is -1.25. The molecular weight excluding hydrogens is 449 g/mol. The first-order valence-corrected chi connectivity index (χ1v) is 11.3. The Kier molecular flexibility index (Phi) is 7.01. The molecule has 182 valence electrons. The summed E-state index contributed by atoms with van der Waals surface area (Å²) in [6.45, 7) is 6.34. The maximum absolute atomic E-state index is 13.5. The van der Waals surface area contributed by atoms with Crippen LogP contribution in [0, 0.1) is 0 Å². The summed E-state index contributed by atoms with van der Waals surface area (Å²) in [4.78, 5) is 19.2. The van der Waals surface area contributed by atoms with E-state index >= 15 is 0 Å². The van der Waals surface area contributed by atoms with Crippen molar-refractivity contribution in [3.8, 4) is 5.69 Å². The van der Waals surface area contributed by atoms with E-state index in [1.54, 1.807) is 30.3 Å². The molecule has 11 heteroatoms. The fraction of sp³-hybridized carbons (Fsp3) is 0.478. The van der Waals surface area contributed by atoms with Gasteiger partial charge in [0.1, 0.15) is 0 Å². The fourth-order valence-electron chi connectivity index (χ4n) is 3.95. The van der Waals surface area contributed by atoms with E-state index in [2.05, 4.69) is 25.5 Å². The first-order valence-electron chi connectivity index (χ1n) is 11.3. The molecule has 3 heterocycles. The molecule has 1 saturated heterocycles. The number of para-hydroxylation sites is 1. The van der Waals surface area contributed by atoms with Crippen molar-refractivity contribution in [1.82, 2.24) is 30.1 Å². The van der Waals surface area contributed by atoms with E-state index in [-0.39, 0.29) is 18.4 Å². The number of carbonyl (C=O) groups is 1. The van der Waals surface area contributed by atoms with Crippen molar-refractivity contribution in [2.45, 2.75) is 44.7 Å². The molecule has 1 amide bonds. The lowest BCUT2D eigenvalue weighted by molar-refractivity contribution is -0.141. The number of rotatable bonds is 7. The molecule has 4 rings (SSSR count). The molecular formula is C23H27F3N6O2.